The van der Waals surface area contributed by atoms with Crippen molar-refractivity contribution in [1.82, 2.24) is 0 Å². The van der Waals surface area contributed by atoms with Crippen LogP contribution in [0.15, 0.2) is 12.1 Å². The summed E-state index contributed by atoms with van der Waals surface area (Å²) in [5.41, 5.74) is 2.45. The van der Waals surface area contributed by atoms with Crippen molar-refractivity contribution < 1.29 is 14.6 Å². The first kappa shape index (κ1) is 16.4. The Bertz CT molecular complexity index is 579. The first-order chi connectivity index (χ1) is 11.0. The summed E-state index contributed by atoms with van der Waals surface area (Å²) in [6, 6.07) is 4.08. The van der Waals surface area contributed by atoms with Crippen LogP contribution in [0.25, 0.3) is 0 Å². The largest absolute Gasteiger partial charge is 0.490 e. The number of ether oxygens (including phenoxy) is 1. The summed E-state index contributed by atoms with van der Waals surface area (Å²) in [5.74, 6) is 0.179. The van der Waals surface area contributed by atoms with Gasteiger partial charge in [-0.05, 0) is 63.5 Å². The molecule has 2 aliphatic carbocycles. The Morgan fingerprint density at radius 2 is 1.74 bits per heavy atom. The minimum Gasteiger partial charge on any atom is -0.490 e. The van der Waals surface area contributed by atoms with Gasteiger partial charge in [0.05, 0.1) is 11.5 Å². The number of rotatable bonds is 4. The zero-order valence-corrected chi connectivity index (χ0v) is 14.4. The quantitative estimate of drug-likeness (QED) is 0.858. The smallest absolute Gasteiger partial charge is 0.314 e. The van der Waals surface area contributed by atoms with E-state index < -0.39 is 11.4 Å². The SMILES string of the molecule is Cc1ccc(C2(C(=O)O)CCCCC2)c(OC2CCCC2)c1C. The third-order valence-electron chi connectivity index (χ3n) is 5.90. The second kappa shape index (κ2) is 6.54. The average Bonchev–Trinajstić information content (AvgIpc) is 3.05. The molecule has 1 aromatic carbocycles. The lowest BCUT2D eigenvalue weighted by Crippen LogP contribution is -2.38. The highest BCUT2D eigenvalue weighted by molar-refractivity contribution is 5.83. The minimum atomic E-state index is -0.759. The Kier molecular flexibility index (Phi) is 4.65. The van der Waals surface area contributed by atoms with Gasteiger partial charge in [0.2, 0.25) is 0 Å². The Morgan fingerprint density at radius 1 is 1.09 bits per heavy atom. The van der Waals surface area contributed by atoms with Crippen LogP contribution in [0.3, 0.4) is 0 Å². The molecule has 3 rings (SSSR count). The van der Waals surface area contributed by atoms with Crippen LogP contribution >= 0.6 is 0 Å². The molecule has 3 nitrogen and oxygen atoms in total. The molecule has 1 aromatic rings. The third-order valence-corrected chi connectivity index (χ3v) is 5.90. The topological polar surface area (TPSA) is 46.5 Å². The maximum Gasteiger partial charge on any atom is 0.314 e. The summed E-state index contributed by atoms with van der Waals surface area (Å²) in [4.78, 5) is 12.2. The predicted molar refractivity (Wildman–Crippen MR) is 91.2 cm³/mol. The van der Waals surface area contributed by atoms with Crippen LogP contribution in [-0.4, -0.2) is 17.2 Å². The Labute approximate surface area is 139 Å². The van der Waals surface area contributed by atoms with E-state index in [1.807, 2.05) is 6.07 Å². The molecule has 0 amide bonds. The van der Waals surface area contributed by atoms with E-state index >= 15 is 0 Å². The molecule has 0 aromatic heterocycles. The molecule has 0 radical (unpaired) electrons. The van der Waals surface area contributed by atoms with Crippen LogP contribution in [0, 0.1) is 13.8 Å². The van der Waals surface area contributed by atoms with Gasteiger partial charge in [0.25, 0.3) is 0 Å². The van der Waals surface area contributed by atoms with Gasteiger partial charge in [-0.25, -0.2) is 0 Å². The van der Waals surface area contributed by atoms with E-state index in [4.69, 9.17) is 4.74 Å². The molecule has 0 spiro atoms. The van der Waals surface area contributed by atoms with Crippen molar-refractivity contribution in [2.75, 3.05) is 0 Å². The second-order valence-electron chi connectivity index (χ2n) is 7.36. The van der Waals surface area contributed by atoms with Crippen molar-refractivity contribution >= 4 is 5.97 Å². The molecule has 0 aliphatic heterocycles. The van der Waals surface area contributed by atoms with Crippen molar-refractivity contribution in [3.05, 3.63) is 28.8 Å². The fourth-order valence-corrected chi connectivity index (χ4v) is 4.25. The number of carbonyl (C=O) groups is 1. The summed E-state index contributed by atoms with van der Waals surface area (Å²) in [6.07, 6.45) is 9.44. The number of carboxylic acid groups (broad SMARTS) is 1. The number of aryl methyl sites for hydroxylation is 1. The average molecular weight is 316 g/mol. The van der Waals surface area contributed by atoms with Gasteiger partial charge in [0, 0.05) is 5.56 Å². The van der Waals surface area contributed by atoms with E-state index in [1.54, 1.807) is 0 Å². The molecule has 3 heteroatoms. The lowest BCUT2D eigenvalue weighted by Gasteiger charge is -2.36. The van der Waals surface area contributed by atoms with Crippen molar-refractivity contribution in [1.29, 1.82) is 0 Å². The van der Waals surface area contributed by atoms with Crippen molar-refractivity contribution in [2.45, 2.75) is 83.2 Å². The molecule has 2 aliphatic rings. The lowest BCUT2D eigenvalue weighted by molar-refractivity contribution is -0.145. The first-order valence-corrected chi connectivity index (χ1v) is 9.05. The maximum atomic E-state index is 12.2. The molecule has 2 saturated carbocycles. The molecule has 0 heterocycles. The molecule has 0 bridgehead atoms. The number of aliphatic carboxylic acids is 1. The van der Waals surface area contributed by atoms with Gasteiger partial charge in [-0.15, -0.1) is 0 Å². The number of hydrogen-bond acceptors (Lipinski definition) is 2. The van der Waals surface area contributed by atoms with Crippen LogP contribution in [0.5, 0.6) is 5.75 Å². The summed E-state index contributed by atoms with van der Waals surface area (Å²) in [5, 5.41) is 10.0. The zero-order valence-electron chi connectivity index (χ0n) is 14.4. The van der Waals surface area contributed by atoms with E-state index in [2.05, 4.69) is 19.9 Å². The monoisotopic (exact) mass is 316 g/mol. The molecule has 2 fully saturated rings. The summed E-state index contributed by atoms with van der Waals surface area (Å²) in [7, 11) is 0. The van der Waals surface area contributed by atoms with Crippen LogP contribution in [-0.2, 0) is 10.2 Å². The fraction of sp³-hybridized carbons (Fsp3) is 0.650. The zero-order chi connectivity index (χ0) is 16.4. The first-order valence-electron chi connectivity index (χ1n) is 9.05. The normalized spacial score (nSPS) is 21.3. The highest BCUT2D eigenvalue weighted by Crippen LogP contribution is 2.46. The number of benzene rings is 1. The maximum absolute atomic E-state index is 12.2. The minimum absolute atomic E-state index is 0.253. The lowest BCUT2D eigenvalue weighted by atomic mass is 9.68. The standard InChI is InChI=1S/C20H28O3/c1-14-10-11-17(20(19(21)22)12-6-3-7-13-20)18(15(14)2)23-16-8-4-5-9-16/h10-11,16H,3-9,12-13H2,1-2H3,(H,21,22). The molecule has 126 valence electrons. The van der Waals surface area contributed by atoms with Crippen molar-refractivity contribution in [3.8, 4) is 5.75 Å². The second-order valence-corrected chi connectivity index (χ2v) is 7.36. The van der Waals surface area contributed by atoms with E-state index in [0.717, 1.165) is 61.8 Å². The fourth-order valence-electron chi connectivity index (χ4n) is 4.25. The van der Waals surface area contributed by atoms with Gasteiger partial charge in [-0.1, -0.05) is 31.4 Å². The van der Waals surface area contributed by atoms with Gasteiger partial charge in [-0.3, -0.25) is 4.79 Å². The molecular weight excluding hydrogens is 288 g/mol. The molecule has 0 saturated heterocycles. The molecule has 23 heavy (non-hydrogen) atoms. The number of hydrogen-bond donors (Lipinski definition) is 1. The highest BCUT2D eigenvalue weighted by Gasteiger charge is 2.44. The van der Waals surface area contributed by atoms with E-state index in [9.17, 15) is 9.90 Å². The van der Waals surface area contributed by atoms with Gasteiger partial charge < -0.3 is 9.84 Å². The molecule has 0 unspecified atom stereocenters. The Balaban J connectivity index is 2.05. The third kappa shape index (κ3) is 2.98. The van der Waals surface area contributed by atoms with Gasteiger partial charge in [-0.2, -0.15) is 0 Å². The van der Waals surface area contributed by atoms with E-state index in [1.165, 1.54) is 18.4 Å². The van der Waals surface area contributed by atoms with Gasteiger partial charge in [0.15, 0.2) is 0 Å². The van der Waals surface area contributed by atoms with Crippen LogP contribution in [0.2, 0.25) is 0 Å². The molecule has 0 atom stereocenters. The summed E-state index contributed by atoms with van der Waals surface area (Å²) >= 11 is 0. The van der Waals surface area contributed by atoms with Crippen LogP contribution in [0.1, 0.15) is 74.5 Å². The van der Waals surface area contributed by atoms with Crippen molar-refractivity contribution in [3.63, 3.8) is 0 Å². The summed E-state index contributed by atoms with van der Waals surface area (Å²) in [6.45, 7) is 4.15. The van der Waals surface area contributed by atoms with Gasteiger partial charge in [0.1, 0.15) is 5.75 Å². The van der Waals surface area contributed by atoms with Crippen molar-refractivity contribution in [2.24, 2.45) is 0 Å². The number of carboxylic acids is 1. The Morgan fingerprint density at radius 3 is 2.35 bits per heavy atom. The summed E-state index contributed by atoms with van der Waals surface area (Å²) < 4.78 is 6.38. The Hall–Kier alpha value is -1.51. The predicted octanol–water partition coefficient (Wildman–Crippen LogP) is 4.91. The highest BCUT2D eigenvalue weighted by atomic mass is 16.5. The van der Waals surface area contributed by atoms with Crippen LogP contribution < -0.4 is 4.74 Å². The van der Waals surface area contributed by atoms with Gasteiger partial charge >= 0.3 is 5.97 Å². The molecular formula is C20H28O3. The van der Waals surface area contributed by atoms with Crippen LogP contribution in [0.4, 0.5) is 0 Å². The van der Waals surface area contributed by atoms with E-state index in [-0.39, 0.29) is 6.10 Å². The molecule has 1 N–H and O–H groups in total. The van der Waals surface area contributed by atoms with E-state index in [0.29, 0.717) is 0 Å².